The molecule has 120 valence electrons. The van der Waals surface area contributed by atoms with Crippen molar-refractivity contribution < 1.29 is 9.90 Å². The summed E-state index contributed by atoms with van der Waals surface area (Å²) in [6, 6.07) is 7.22. The molecule has 1 amide bonds. The van der Waals surface area contributed by atoms with Crippen molar-refractivity contribution in [2.24, 2.45) is 23.5 Å². The first-order valence-corrected chi connectivity index (χ1v) is 8.26. The van der Waals surface area contributed by atoms with Crippen LogP contribution < -0.4 is 5.73 Å². The molecule has 3 unspecified atom stereocenters. The van der Waals surface area contributed by atoms with Crippen LogP contribution in [0.3, 0.4) is 0 Å². The summed E-state index contributed by atoms with van der Waals surface area (Å²) in [6.45, 7) is 0.333. The fourth-order valence-corrected chi connectivity index (χ4v) is 4.05. The number of amides is 1. The highest BCUT2D eigenvalue weighted by Gasteiger charge is 2.48. The highest BCUT2D eigenvalue weighted by atomic mass is 16.3. The van der Waals surface area contributed by atoms with Crippen molar-refractivity contribution in [3.05, 3.63) is 47.3 Å². The lowest BCUT2D eigenvalue weighted by atomic mass is 9.99. The number of nitrogens with zero attached hydrogens (tertiary/aromatic N) is 2. The second-order valence-electron chi connectivity index (χ2n) is 6.71. The zero-order valence-corrected chi connectivity index (χ0v) is 13.0. The number of carbonyl (C=O) groups is 1. The average Bonchev–Trinajstić information content (AvgIpc) is 3.06. The molecule has 2 aromatic rings. The molecule has 2 aliphatic rings. The number of aryl methyl sites for hydroxylation is 2. The van der Waals surface area contributed by atoms with Gasteiger partial charge >= 0.3 is 0 Å². The van der Waals surface area contributed by atoms with E-state index < -0.39 is 5.91 Å². The first-order valence-electron chi connectivity index (χ1n) is 8.26. The molecule has 23 heavy (non-hydrogen) atoms. The van der Waals surface area contributed by atoms with E-state index in [9.17, 15) is 9.90 Å². The van der Waals surface area contributed by atoms with Gasteiger partial charge in [0.2, 0.25) is 5.91 Å². The molecule has 1 fully saturated rings. The van der Waals surface area contributed by atoms with E-state index in [4.69, 9.17) is 10.8 Å². The summed E-state index contributed by atoms with van der Waals surface area (Å²) < 4.78 is 1.90. The molecule has 0 saturated heterocycles. The van der Waals surface area contributed by atoms with Crippen LogP contribution in [0.5, 0.6) is 0 Å². The normalized spacial score (nSPS) is 25.9. The molecule has 4 rings (SSSR count). The van der Waals surface area contributed by atoms with Crippen molar-refractivity contribution in [3.63, 3.8) is 0 Å². The summed E-state index contributed by atoms with van der Waals surface area (Å²) in [6.07, 6.45) is 6.40. The second-order valence-corrected chi connectivity index (χ2v) is 6.71. The molecule has 5 heteroatoms. The van der Waals surface area contributed by atoms with E-state index in [2.05, 4.69) is 6.20 Å². The van der Waals surface area contributed by atoms with Crippen LogP contribution in [0.4, 0.5) is 0 Å². The zero-order valence-electron chi connectivity index (χ0n) is 13.0. The van der Waals surface area contributed by atoms with Gasteiger partial charge in [-0.25, -0.2) is 4.68 Å². The van der Waals surface area contributed by atoms with Gasteiger partial charge in [-0.2, -0.15) is 5.10 Å². The highest BCUT2D eigenvalue weighted by Crippen LogP contribution is 2.52. The number of hydrogen-bond donors (Lipinski definition) is 2. The van der Waals surface area contributed by atoms with Gasteiger partial charge in [0.1, 0.15) is 0 Å². The van der Waals surface area contributed by atoms with E-state index in [1.165, 1.54) is 11.3 Å². The van der Waals surface area contributed by atoms with Gasteiger partial charge in [-0.3, -0.25) is 4.79 Å². The molecule has 1 heterocycles. The molecule has 0 bridgehead atoms. The molecule has 2 aliphatic carbocycles. The Bertz CT molecular complexity index is 704. The number of fused-ring (bicyclic) bond motifs is 2. The predicted molar refractivity (Wildman–Crippen MR) is 86.3 cm³/mol. The molecule has 0 spiro atoms. The predicted octanol–water partition coefficient (Wildman–Crippen LogP) is 1.70. The number of rotatable bonds is 3. The van der Waals surface area contributed by atoms with Crippen LogP contribution >= 0.6 is 0 Å². The Hall–Kier alpha value is -2.14. The Labute approximate surface area is 135 Å². The molecule has 1 aromatic carbocycles. The zero-order chi connectivity index (χ0) is 16.0. The number of benzene rings is 1. The fourth-order valence-electron chi connectivity index (χ4n) is 4.05. The lowest BCUT2D eigenvalue weighted by Gasteiger charge is -2.06. The van der Waals surface area contributed by atoms with E-state index in [1.54, 1.807) is 12.1 Å². The van der Waals surface area contributed by atoms with Crippen LogP contribution in [0.2, 0.25) is 0 Å². The molecule has 5 nitrogen and oxygen atoms in total. The SMILES string of the molecule is NC(=O)c1ccc(-n2cc3c(n2)CCC2C(CO)C2CC3)cc1. The van der Waals surface area contributed by atoms with Gasteiger partial charge in [-0.05, 0) is 73.3 Å². The van der Waals surface area contributed by atoms with E-state index >= 15 is 0 Å². The van der Waals surface area contributed by atoms with E-state index in [0.29, 0.717) is 29.9 Å². The third-order valence-corrected chi connectivity index (χ3v) is 5.47. The van der Waals surface area contributed by atoms with Gasteiger partial charge in [0.15, 0.2) is 0 Å². The number of aromatic nitrogens is 2. The highest BCUT2D eigenvalue weighted by molar-refractivity contribution is 5.92. The first kappa shape index (κ1) is 14.5. The number of carbonyl (C=O) groups excluding carboxylic acids is 1. The van der Waals surface area contributed by atoms with Gasteiger partial charge in [0.05, 0.1) is 11.4 Å². The molecular formula is C18H21N3O2. The molecule has 3 N–H and O–H groups in total. The van der Waals surface area contributed by atoms with Gasteiger partial charge in [-0.15, -0.1) is 0 Å². The van der Waals surface area contributed by atoms with Crippen LogP contribution in [0.15, 0.2) is 30.5 Å². The van der Waals surface area contributed by atoms with E-state index in [-0.39, 0.29) is 0 Å². The molecular weight excluding hydrogens is 290 g/mol. The van der Waals surface area contributed by atoms with Crippen LogP contribution in [0, 0.1) is 17.8 Å². The van der Waals surface area contributed by atoms with Crippen LogP contribution in [-0.2, 0) is 12.8 Å². The fraction of sp³-hybridized carbons (Fsp3) is 0.444. The summed E-state index contributed by atoms with van der Waals surface area (Å²) in [5.41, 5.74) is 9.21. The number of nitrogens with two attached hydrogens (primary N) is 1. The van der Waals surface area contributed by atoms with Crippen molar-refractivity contribution in [1.82, 2.24) is 9.78 Å². The van der Waals surface area contributed by atoms with Gasteiger partial charge in [0, 0.05) is 18.4 Å². The summed E-state index contributed by atoms with van der Waals surface area (Å²) >= 11 is 0. The molecule has 1 saturated carbocycles. The van der Waals surface area contributed by atoms with Crippen molar-refractivity contribution in [1.29, 1.82) is 0 Å². The van der Waals surface area contributed by atoms with Crippen LogP contribution in [0.25, 0.3) is 5.69 Å². The van der Waals surface area contributed by atoms with Gasteiger partial charge in [-0.1, -0.05) is 0 Å². The Balaban J connectivity index is 1.56. The van der Waals surface area contributed by atoms with Gasteiger partial charge < -0.3 is 10.8 Å². The summed E-state index contributed by atoms with van der Waals surface area (Å²) in [5, 5.41) is 14.1. The number of aliphatic hydroxyl groups is 1. The molecule has 1 aromatic heterocycles. The second kappa shape index (κ2) is 5.49. The first-order chi connectivity index (χ1) is 11.2. The number of primary amides is 1. The quantitative estimate of drug-likeness (QED) is 0.905. The molecule has 3 atom stereocenters. The third-order valence-electron chi connectivity index (χ3n) is 5.47. The van der Waals surface area contributed by atoms with Crippen molar-refractivity contribution in [2.45, 2.75) is 25.7 Å². The Morgan fingerprint density at radius 2 is 1.91 bits per heavy atom. The maximum Gasteiger partial charge on any atom is 0.248 e. The minimum Gasteiger partial charge on any atom is -0.396 e. The minimum absolute atomic E-state index is 0.333. The molecule has 0 aliphatic heterocycles. The topological polar surface area (TPSA) is 81.1 Å². The monoisotopic (exact) mass is 311 g/mol. The smallest absolute Gasteiger partial charge is 0.248 e. The standard InChI is InChI=1S/C18H21N3O2/c19-18(23)11-1-4-13(5-2-11)21-9-12-3-6-14-15(16(14)10-22)7-8-17(12)20-21/h1-2,4-5,9,14-16,22H,3,6-8,10H2,(H2,19,23). The van der Waals surface area contributed by atoms with Crippen LogP contribution in [-0.4, -0.2) is 27.4 Å². The van der Waals surface area contributed by atoms with Gasteiger partial charge in [0.25, 0.3) is 0 Å². The van der Waals surface area contributed by atoms with Crippen molar-refractivity contribution >= 4 is 5.91 Å². The van der Waals surface area contributed by atoms with Crippen molar-refractivity contribution in [3.8, 4) is 5.69 Å². The third kappa shape index (κ3) is 2.55. The van der Waals surface area contributed by atoms with E-state index in [1.807, 2.05) is 16.8 Å². The van der Waals surface area contributed by atoms with Crippen molar-refractivity contribution in [2.75, 3.05) is 6.61 Å². The Morgan fingerprint density at radius 1 is 1.22 bits per heavy atom. The largest absolute Gasteiger partial charge is 0.396 e. The average molecular weight is 311 g/mol. The van der Waals surface area contributed by atoms with Crippen LogP contribution in [0.1, 0.15) is 34.5 Å². The minimum atomic E-state index is -0.415. The maximum absolute atomic E-state index is 11.2. The number of aliphatic hydroxyl groups excluding tert-OH is 1. The summed E-state index contributed by atoms with van der Waals surface area (Å²) in [5.74, 6) is 1.49. The molecule has 0 radical (unpaired) electrons. The number of hydrogen-bond acceptors (Lipinski definition) is 3. The lowest BCUT2D eigenvalue weighted by molar-refractivity contribution is 0.100. The summed E-state index contributed by atoms with van der Waals surface area (Å²) in [4.78, 5) is 11.2. The Morgan fingerprint density at radius 3 is 2.57 bits per heavy atom. The lowest BCUT2D eigenvalue weighted by Crippen LogP contribution is -2.10. The summed E-state index contributed by atoms with van der Waals surface area (Å²) in [7, 11) is 0. The Kier molecular flexibility index (Phi) is 3.45. The maximum atomic E-state index is 11.2. The van der Waals surface area contributed by atoms with E-state index in [0.717, 1.165) is 31.4 Å².